The second kappa shape index (κ2) is 5.32. The van der Waals surface area contributed by atoms with Crippen molar-refractivity contribution in [2.75, 3.05) is 17.1 Å². The van der Waals surface area contributed by atoms with Crippen LogP contribution in [0.3, 0.4) is 0 Å². The molecule has 0 amide bonds. The van der Waals surface area contributed by atoms with Crippen LogP contribution in [0.4, 0.5) is 5.69 Å². The van der Waals surface area contributed by atoms with E-state index in [-0.39, 0.29) is 5.75 Å². The molecule has 1 aromatic rings. The highest BCUT2D eigenvalue weighted by atomic mass is 32.2. The summed E-state index contributed by atoms with van der Waals surface area (Å²) in [5.41, 5.74) is 7.14. The van der Waals surface area contributed by atoms with E-state index in [1.165, 1.54) is 4.31 Å². The van der Waals surface area contributed by atoms with Crippen molar-refractivity contribution in [2.24, 2.45) is 5.73 Å². The Morgan fingerprint density at radius 3 is 2.25 bits per heavy atom. The second-order valence-electron chi connectivity index (χ2n) is 3.65. The lowest BCUT2D eigenvalue weighted by atomic mass is 10.2. The predicted octanol–water partition coefficient (Wildman–Crippen LogP) is 1.32. The van der Waals surface area contributed by atoms with Gasteiger partial charge in [-0.25, -0.2) is 8.42 Å². The Morgan fingerprint density at radius 2 is 1.81 bits per heavy atom. The summed E-state index contributed by atoms with van der Waals surface area (Å²) in [4.78, 5) is 0. The fourth-order valence-corrected chi connectivity index (χ4v) is 2.63. The maximum atomic E-state index is 11.8. The topological polar surface area (TPSA) is 63.4 Å². The lowest BCUT2D eigenvalue weighted by Crippen LogP contribution is -2.28. The van der Waals surface area contributed by atoms with Crippen molar-refractivity contribution < 1.29 is 8.42 Å². The molecule has 1 aromatic carbocycles. The van der Waals surface area contributed by atoms with E-state index in [0.717, 1.165) is 5.56 Å². The summed E-state index contributed by atoms with van der Waals surface area (Å²) in [5, 5.41) is 0. The molecule has 90 valence electrons. The molecule has 0 aliphatic heterocycles. The van der Waals surface area contributed by atoms with E-state index in [1.54, 1.807) is 19.2 Å². The van der Waals surface area contributed by atoms with Crippen LogP contribution in [-0.2, 0) is 16.6 Å². The minimum atomic E-state index is -3.18. The first-order valence-corrected chi connectivity index (χ1v) is 6.87. The first-order chi connectivity index (χ1) is 7.51. The summed E-state index contributed by atoms with van der Waals surface area (Å²) >= 11 is 0. The molecule has 0 aromatic heterocycles. The number of hydrogen-bond acceptors (Lipinski definition) is 3. The molecule has 0 heterocycles. The highest BCUT2D eigenvalue weighted by molar-refractivity contribution is 7.92. The molecular formula is C11H18N2O2S. The van der Waals surface area contributed by atoms with E-state index in [9.17, 15) is 8.42 Å². The van der Waals surface area contributed by atoms with Crippen LogP contribution < -0.4 is 10.0 Å². The Balaban J connectivity index is 2.92. The Bertz CT molecular complexity index is 426. The molecule has 0 saturated carbocycles. The van der Waals surface area contributed by atoms with Crippen molar-refractivity contribution in [2.45, 2.75) is 19.9 Å². The average molecular weight is 242 g/mol. The van der Waals surface area contributed by atoms with Crippen molar-refractivity contribution in [1.29, 1.82) is 0 Å². The summed E-state index contributed by atoms with van der Waals surface area (Å²) < 4.78 is 24.9. The van der Waals surface area contributed by atoms with E-state index < -0.39 is 10.0 Å². The summed E-state index contributed by atoms with van der Waals surface area (Å²) in [6.45, 7) is 2.31. The number of anilines is 1. The second-order valence-corrected chi connectivity index (χ2v) is 5.77. The zero-order chi connectivity index (χ0) is 12.2. The normalized spacial score (nSPS) is 11.4. The number of hydrogen-bond donors (Lipinski definition) is 1. The number of sulfonamides is 1. The largest absolute Gasteiger partial charge is 0.326 e. The standard InChI is InChI=1S/C11H18N2O2S/c1-3-8-16(14,15)13(2)11-6-4-10(9-12)5-7-11/h4-7H,3,8-9,12H2,1-2H3. The van der Waals surface area contributed by atoms with Gasteiger partial charge in [0.2, 0.25) is 10.0 Å². The molecule has 4 nitrogen and oxygen atoms in total. The van der Waals surface area contributed by atoms with Gasteiger partial charge in [-0.15, -0.1) is 0 Å². The molecule has 0 aliphatic rings. The van der Waals surface area contributed by atoms with Gasteiger partial charge >= 0.3 is 0 Å². The van der Waals surface area contributed by atoms with Gasteiger partial charge in [-0.05, 0) is 24.1 Å². The SMILES string of the molecule is CCCS(=O)(=O)N(C)c1ccc(CN)cc1. The number of nitrogens with two attached hydrogens (primary N) is 1. The Kier molecular flexibility index (Phi) is 4.32. The van der Waals surface area contributed by atoms with Crippen molar-refractivity contribution in [1.82, 2.24) is 0 Å². The van der Waals surface area contributed by atoms with E-state index in [0.29, 0.717) is 18.7 Å². The van der Waals surface area contributed by atoms with Gasteiger partial charge in [0.05, 0.1) is 11.4 Å². The van der Waals surface area contributed by atoms with E-state index >= 15 is 0 Å². The minimum Gasteiger partial charge on any atom is -0.326 e. The van der Waals surface area contributed by atoms with Gasteiger partial charge in [0, 0.05) is 13.6 Å². The molecule has 0 atom stereocenters. The molecule has 16 heavy (non-hydrogen) atoms. The fourth-order valence-electron chi connectivity index (χ4n) is 1.40. The molecule has 2 N–H and O–H groups in total. The molecule has 0 aliphatic carbocycles. The van der Waals surface area contributed by atoms with Crippen LogP contribution in [0.25, 0.3) is 0 Å². The minimum absolute atomic E-state index is 0.169. The van der Waals surface area contributed by atoms with Crippen LogP contribution >= 0.6 is 0 Å². The van der Waals surface area contributed by atoms with Crippen LogP contribution in [-0.4, -0.2) is 21.2 Å². The monoisotopic (exact) mass is 242 g/mol. The number of nitrogens with zero attached hydrogens (tertiary/aromatic N) is 1. The van der Waals surface area contributed by atoms with Crippen molar-refractivity contribution in [3.63, 3.8) is 0 Å². The molecule has 0 saturated heterocycles. The van der Waals surface area contributed by atoms with Gasteiger partial charge in [-0.1, -0.05) is 19.1 Å². The molecule has 5 heteroatoms. The first kappa shape index (κ1) is 13.0. The highest BCUT2D eigenvalue weighted by Crippen LogP contribution is 2.17. The van der Waals surface area contributed by atoms with Crippen molar-refractivity contribution in [3.8, 4) is 0 Å². The highest BCUT2D eigenvalue weighted by Gasteiger charge is 2.16. The van der Waals surface area contributed by atoms with Crippen LogP contribution in [0.1, 0.15) is 18.9 Å². The van der Waals surface area contributed by atoms with Crippen LogP contribution in [0.15, 0.2) is 24.3 Å². The maximum absolute atomic E-state index is 11.8. The first-order valence-electron chi connectivity index (χ1n) is 5.27. The molecule has 0 spiro atoms. The molecule has 0 bridgehead atoms. The third kappa shape index (κ3) is 2.96. The summed E-state index contributed by atoms with van der Waals surface area (Å²) in [5.74, 6) is 0.169. The molecule has 0 unspecified atom stereocenters. The summed E-state index contributed by atoms with van der Waals surface area (Å²) in [6.07, 6.45) is 0.619. The smallest absolute Gasteiger partial charge is 0.234 e. The summed E-state index contributed by atoms with van der Waals surface area (Å²) in [6, 6.07) is 7.23. The fraction of sp³-hybridized carbons (Fsp3) is 0.455. The zero-order valence-electron chi connectivity index (χ0n) is 9.68. The molecule has 0 fully saturated rings. The van der Waals surface area contributed by atoms with Crippen LogP contribution in [0, 0.1) is 0 Å². The lowest BCUT2D eigenvalue weighted by molar-refractivity contribution is 0.593. The van der Waals surface area contributed by atoms with Crippen LogP contribution in [0.2, 0.25) is 0 Å². The Morgan fingerprint density at radius 1 is 1.25 bits per heavy atom. The van der Waals surface area contributed by atoms with E-state index in [2.05, 4.69) is 0 Å². The maximum Gasteiger partial charge on any atom is 0.234 e. The van der Waals surface area contributed by atoms with Gasteiger partial charge in [0.15, 0.2) is 0 Å². The number of rotatable bonds is 5. The predicted molar refractivity (Wildman–Crippen MR) is 66.8 cm³/mol. The lowest BCUT2D eigenvalue weighted by Gasteiger charge is -2.19. The molecule has 1 rings (SSSR count). The van der Waals surface area contributed by atoms with E-state index in [1.807, 2.05) is 19.1 Å². The van der Waals surface area contributed by atoms with Gasteiger partial charge in [-0.3, -0.25) is 4.31 Å². The Hall–Kier alpha value is -1.07. The molecule has 0 radical (unpaired) electrons. The van der Waals surface area contributed by atoms with Gasteiger partial charge < -0.3 is 5.73 Å². The third-order valence-corrected chi connectivity index (χ3v) is 4.38. The quantitative estimate of drug-likeness (QED) is 0.847. The number of benzene rings is 1. The zero-order valence-corrected chi connectivity index (χ0v) is 10.5. The van der Waals surface area contributed by atoms with Crippen molar-refractivity contribution in [3.05, 3.63) is 29.8 Å². The Labute approximate surface area is 97.1 Å². The van der Waals surface area contributed by atoms with E-state index in [4.69, 9.17) is 5.73 Å². The average Bonchev–Trinajstić information content (AvgIpc) is 2.28. The molecular weight excluding hydrogens is 224 g/mol. The van der Waals surface area contributed by atoms with Crippen LogP contribution in [0.5, 0.6) is 0 Å². The van der Waals surface area contributed by atoms with Gasteiger partial charge in [0.1, 0.15) is 0 Å². The van der Waals surface area contributed by atoms with Gasteiger partial charge in [-0.2, -0.15) is 0 Å². The summed E-state index contributed by atoms with van der Waals surface area (Å²) in [7, 11) is -1.61. The third-order valence-electron chi connectivity index (χ3n) is 2.41. The van der Waals surface area contributed by atoms with Crippen molar-refractivity contribution >= 4 is 15.7 Å². The van der Waals surface area contributed by atoms with Gasteiger partial charge in [0.25, 0.3) is 0 Å².